The fraction of sp³-hybridized carbons (Fsp3) is 0.143. The van der Waals surface area contributed by atoms with Crippen molar-refractivity contribution in [2.45, 2.75) is 17.6 Å². The van der Waals surface area contributed by atoms with Crippen LogP contribution in [0.5, 0.6) is 0 Å². The second-order valence-corrected chi connectivity index (χ2v) is 4.73. The summed E-state index contributed by atoms with van der Waals surface area (Å²) >= 11 is 1.78. The Labute approximate surface area is 105 Å². The molecule has 0 fully saturated rings. The maximum Gasteiger partial charge on any atom is 0.140 e. The van der Waals surface area contributed by atoms with Gasteiger partial charge >= 0.3 is 0 Å². The van der Waals surface area contributed by atoms with Gasteiger partial charge in [0.2, 0.25) is 0 Å². The molecule has 2 rings (SSSR count). The van der Waals surface area contributed by atoms with Gasteiger partial charge in [-0.25, -0.2) is 4.98 Å². The Morgan fingerprint density at radius 2 is 2.12 bits per heavy atom. The lowest BCUT2D eigenvalue weighted by Gasteiger charge is -2.05. The van der Waals surface area contributed by atoms with E-state index >= 15 is 0 Å². The van der Waals surface area contributed by atoms with Gasteiger partial charge in [0.1, 0.15) is 11.8 Å². The van der Waals surface area contributed by atoms with E-state index in [1.54, 1.807) is 18.0 Å². The fourth-order valence-corrected chi connectivity index (χ4v) is 2.48. The van der Waals surface area contributed by atoms with Crippen molar-refractivity contribution >= 4 is 11.8 Å². The minimum atomic E-state index is 0.480. The summed E-state index contributed by atoms with van der Waals surface area (Å²) in [4.78, 5) is 5.24. The van der Waals surface area contributed by atoms with Crippen LogP contribution in [0.15, 0.2) is 47.5 Å². The highest BCUT2D eigenvalue weighted by Gasteiger charge is 2.00. The van der Waals surface area contributed by atoms with Crippen LogP contribution in [0.3, 0.4) is 0 Å². The normalized spacial score (nSPS) is 9.88. The lowest BCUT2D eigenvalue weighted by atomic mass is 10.2. The second-order valence-electron chi connectivity index (χ2n) is 3.72. The SMILES string of the molecule is Cc1ccccc1SCc1ccnc(C#N)c1. The summed E-state index contributed by atoms with van der Waals surface area (Å²) < 4.78 is 0. The Morgan fingerprint density at radius 1 is 1.29 bits per heavy atom. The van der Waals surface area contributed by atoms with E-state index in [9.17, 15) is 0 Å². The van der Waals surface area contributed by atoms with Gasteiger partial charge in [0.25, 0.3) is 0 Å². The number of aryl methyl sites for hydroxylation is 1. The third kappa shape index (κ3) is 3.08. The van der Waals surface area contributed by atoms with E-state index in [2.05, 4.69) is 30.1 Å². The first-order valence-electron chi connectivity index (χ1n) is 5.33. The van der Waals surface area contributed by atoms with E-state index in [0.29, 0.717) is 5.69 Å². The highest BCUT2D eigenvalue weighted by atomic mass is 32.2. The zero-order valence-electron chi connectivity index (χ0n) is 9.55. The minimum Gasteiger partial charge on any atom is -0.246 e. The van der Waals surface area contributed by atoms with E-state index in [1.165, 1.54) is 10.5 Å². The number of nitrogens with zero attached hydrogens (tertiary/aromatic N) is 2. The molecule has 0 aliphatic rings. The lowest BCUT2D eigenvalue weighted by molar-refractivity contribution is 1.22. The molecule has 1 aromatic heterocycles. The third-order valence-corrected chi connectivity index (χ3v) is 3.67. The number of pyridine rings is 1. The molecule has 84 valence electrons. The molecule has 1 aromatic carbocycles. The van der Waals surface area contributed by atoms with Crippen molar-refractivity contribution in [3.8, 4) is 6.07 Å². The molecule has 0 atom stereocenters. The van der Waals surface area contributed by atoms with Crippen LogP contribution in [0, 0.1) is 18.3 Å². The van der Waals surface area contributed by atoms with E-state index in [-0.39, 0.29) is 0 Å². The van der Waals surface area contributed by atoms with Crippen molar-refractivity contribution in [3.63, 3.8) is 0 Å². The lowest BCUT2D eigenvalue weighted by Crippen LogP contribution is -1.87. The van der Waals surface area contributed by atoms with E-state index in [0.717, 1.165) is 11.3 Å². The minimum absolute atomic E-state index is 0.480. The molecular weight excluding hydrogens is 228 g/mol. The first-order chi connectivity index (χ1) is 8.29. The molecule has 2 nitrogen and oxygen atoms in total. The van der Waals surface area contributed by atoms with Crippen molar-refractivity contribution in [2.24, 2.45) is 0 Å². The van der Waals surface area contributed by atoms with Crippen LogP contribution in [0.4, 0.5) is 0 Å². The number of hydrogen-bond donors (Lipinski definition) is 0. The average molecular weight is 240 g/mol. The highest BCUT2D eigenvalue weighted by molar-refractivity contribution is 7.98. The zero-order chi connectivity index (χ0) is 12.1. The smallest absolute Gasteiger partial charge is 0.140 e. The summed E-state index contributed by atoms with van der Waals surface area (Å²) in [6.07, 6.45) is 1.69. The van der Waals surface area contributed by atoms with E-state index in [1.807, 2.05) is 24.3 Å². The molecule has 0 amide bonds. The van der Waals surface area contributed by atoms with Crippen LogP contribution in [-0.2, 0) is 5.75 Å². The molecule has 0 saturated carbocycles. The van der Waals surface area contributed by atoms with Crippen molar-refractivity contribution in [1.29, 1.82) is 5.26 Å². The Balaban J connectivity index is 2.08. The van der Waals surface area contributed by atoms with Crippen LogP contribution in [-0.4, -0.2) is 4.98 Å². The number of hydrogen-bond acceptors (Lipinski definition) is 3. The van der Waals surface area contributed by atoms with E-state index < -0.39 is 0 Å². The molecule has 0 aliphatic carbocycles. The molecule has 1 heterocycles. The summed E-state index contributed by atoms with van der Waals surface area (Å²) in [6, 6.07) is 14.2. The quantitative estimate of drug-likeness (QED) is 0.770. The third-order valence-electron chi connectivity index (χ3n) is 2.43. The molecule has 0 saturated heterocycles. The molecule has 2 aromatic rings. The predicted molar refractivity (Wildman–Crippen MR) is 69.7 cm³/mol. The van der Waals surface area contributed by atoms with Gasteiger partial charge < -0.3 is 0 Å². The highest BCUT2D eigenvalue weighted by Crippen LogP contribution is 2.25. The van der Waals surface area contributed by atoms with Gasteiger partial charge in [-0.15, -0.1) is 11.8 Å². The maximum absolute atomic E-state index is 8.77. The van der Waals surface area contributed by atoms with Crippen LogP contribution in [0.2, 0.25) is 0 Å². The Morgan fingerprint density at radius 3 is 2.88 bits per heavy atom. The number of thioether (sulfide) groups is 1. The molecule has 0 aliphatic heterocycles. The first-order valence-corrected chi connectivity index (χ1v) is 6.31. The number of rotatable bonds is 3. The van der Waals surface area contributed by atoms with Crippen LogP contribution >= 0.6 is 11.8 Å². The number of nitriles is 1. The summed E-state index contributed by atoms with van der Waals surface area (Å²) in [5.74, 6) is 0.863. The van der Waals surface area contributed by atoms with Crippen molar-refractivity contribution in [1.82, 2.24) is 4.98 Å². The first kappa shape index (κ1) is 11.7. The summed E-state index contributed by atoms with van der Waals surface area (Å²) in [6.45, 7) is 2.11. The standard InChI is InChI=1S/C14H12N2S/c1-11-4-2-3-5-14(11)17-10-12-6-7-16-13(8-12)9-15/h2-8H,10H2,1H3. The summed E-state index contributed by atoms with van der Waals surface area (Å²) in [5, 5.41) is 8.77. The van der Waals surface area contributed by atoms with Gasteiger partial charge in [0.05, 0.1) is 0 Å². The average Bonchev–Trinajstić information content (AvgIpc) is 2.38. The summed E-state index contributed by atoms with van der Waals surface area (Å²) in [5.41, 5.74) is 2.89. The number of benzene rings is 1. The van der Waals surface area contributed by atoms with Gasteiger partial charge in [0, 0.05) is 16.8 Å². The predicted octanol–water partition coefficient (Wildman–Crippen LogP) is 3.55. The van der Waals surface area contributed by atoms with Crippen molar-refractivity contribution in [3.05, 3.63) is 59.4 Å². The number of aromatic nitrogens is 1. The van der Waals surface area contributed by atoms with Crippen LogP contribution in [0.25, 0.3) is 0 Å². The van der Waals surface area contributed by atoms with Crippen LogP contribution in [0.1, 0.15) is 16.8 Å². The largest absolute Gasteiger partial charge is 0.246 e. The monoisotopic (exact) mass is 240 g/mol. The Bertz CT molecular complexity index is 558. The van der Waals surface area contributed by atoms with Crippen molar-refractivity contribution < 1.29 is 0 Å². The Kier molecular flexibility index (Phi) is 3.79. The van der Waals surface area contributed by atoms with Gasteiger partial charge in [-0.3, -0.25) is 0 Å². The fourth-order valence-electron chi connectivity index (χ4n) is 1.50. The van der Waals surface area contributed by atoms with Gasteiger partial charge in [-0.1, -0.05) is 18.2 Å². The molecule has 0 unspecified atom stereocenters. The van der Waals surface area contributed by atoms with Gasteiger partial charge in [-0.2, -0.15) is 5.26 Å². The molecule has 3 heteroatoms. The summed E-state index contributed by atoms with van der Waals surface area (Å²) in [7, 11) is 0. The zero-order valence-corrected chi connectivity index (χ0v) is 10.4. The molecule has 17 heavy (non-hydrogen) atoms. The van der Waals surface area contributed by atoms with Gasteiger partial charge in [0.15, 0.2) is 0 Å². The molecule has 0 spiro atoms. The molecule has 0 radical (unpaired) electrons. The maximum atomic E-state index is 8.77. The molecule has 0 bridgehead atoms. The second kappa shape index (κ2) is 5.51. The van der Waals surface area contributed by atoms with E-state index in [4.69, 9.17) is 5.26 Å². The molecule has 0 N–H and O–H groups in total. The van der Waals surface area contributed by atoms with Crippen molar-refractivity contribution in [2.75, 3.05) is 0 Å². The molecular formula is C14H12N2S. The van der Waals surface area contributed by atoms with Gasteiger partial charge in [-0.05, 0) is 36.2 Å². The van der Waals surface area contributed by atoms with Crippen LogP contribution < -0.4 is 0 Å². The Hall–Kier alpha value is -1.79. The topological polar surface area (TPSA) is 36.7 Å².